The van der Waals surface area contributed by atoms with Gasteiger partial charge in [-0.25, -0.2) is 0 Å². The van der Waals surface area contributed by atoms with Crippen LogP contribution in [0.1, 0.15) is 34.6 Å². The van der Waals surface area contributed by atoms with E-state index in [4.69, 9.17) is 5.73 Å². The molecule has 5 heteroatoms. The second-order valence-corrected chi connectivity index (χ2v) is 3.89. The number of hydrogen-bond acceptors (Lipinski definition) is 2. The van der Waals surface area contributed by atoms with E-state index < -0.39 is 0 Å². The molecule has 0 spiro atoms. The Morgan fingerprint density at radius 3 is 2.94 bits per heavy atom. The molecule has 1 aliphatic heterocycles. The van der Waals surface area contributed by atoms with E-state index in [1.54, 1.807) is 7.05 Å². The number of nitrogens with one attached hydrogen (secondary N) is 1. The summed E-state index contributed by atoms with van der Waals surface area (Å²) in [5, 5.41) is 2.68. The highest BCUT2D eigenvalue weighted by molar-refractivity contribution is 5.95. The molecule has 0 fully saturated rings. The Kier molecular flexibility index (Phi) is 4.38. The Hall–Kier alpha value is -1.00. The van der Waals surface area contributed by atoms with Gasteiger partial charge in [0, 0.05) is 31.5 Å². The summed E-state index contributed by atoms with van der Waals surface area (Å²) in [7, 11) is 1.66. The van der Waals surface area contributed by atoms with E-state index in [9.17, 15) is 4.79 Å². The summed E-state index contributed by atoms with van der Waals surface area (Å²) in [6.45, 7) is 1.50. The lowest BCUT2D eigenvalue weighted by molar-refractivity contribution is 0.0961. The molecule has 4 nitrogen and oxygen atoms in total. The van der Waals surface area contributed by atoms with Gasteiger partial charge >= 0.3 is 0 Å². The lowest BCUT2D eigenvalue weighted by Crippen LogP contribution is -2.21. The first kappa shape index (κ1) is 13.1. The number of nitrogens with zero attached hydrogens (tertiary/aromatic N) is 1. The Balaban J connectivity index is 0.00000128. The average molecular weight is 244 g/mol. The van der Waals surface area contributed by atoms with Crippen LogP contribution in [0.4, 0.5) is 0 Å². The first-order valence-corrected chi connectivity index (χ1v) is 5.41. The van der Waals surface area contributed by atoms with Crippen molar-refractivity contribution in [3.8, 4) is 0 Å². The Morgan fingerprint density at radius 1 is 1.56 bits per heavy atom. The fraction of sp³-hybridized carbons (Fsp3) is 0.545. The van der Waals surface area contributed by atoms with E-state index in [1.807, 2.05) is 6.07 Å². The molecule has 16 heavy (non-hydrogen) atoms. The number of amides is 1. The molecule has 1 amide bonds. The van der Waals surface area contributed by atoms with Gasteiger partial charge < -0.3 is 15.6 Å². The summed E-state index contributed by atoms with van der Waals surface area (Å²) in [6.07, 6.45) is 3.34. The normalized spacial score (nSPS) is 13.9. The van der Waals surface area contributed by atoms with Gasteiger partial charge in [-0.2, -0.15) is 0 Å². The Labute approximate surface area is 102 Å². The molecule has 90 valence electrons. The minimum atomic E-state index is 0. The average Bonchev–Trinajstić information content (AvgIpc) is 2.67. The number of aromatic nitrogens is 1. The first-order valence-electron chi connectivity index (χ1n) is 5.41. The van der Waals surface area contributed by atoms with Gasteiger partial charge in [-0.3, -0.25) is 4.79 Å². The van der Waals surface area contributed by atoms with Gasteiger partial charge in [0.1, 0.15) is 0 Å². The molecule has 1 aromatic heterocycles. The van der Waals surface area contributed by atoms with Crippen LogP contribution in [0.3, 0.4) is 0 Å². The zero-order valence-electron chi connectivity index (χ0n) is 9.45. The van der Waals surface area contributed by atoms with Crippen molar-refractivity contribution in [3.63, 3.8) is 0 Å². The zero-order chi connectivity index (χ0) is 10.8. The SMILES string of the molecule is CNC(=O)c1cc(CN)n2c1CCCC2.Cl. The topological polar surface area (TPSA) is 60.1 Å². The van der Waals surface area contributed by atoms with Crippen LogP contribution >= 0.6 is 12.4 Å². The molecule has 0 atom stereocenters. The van der Waals surface area contributed by atoms with Gasteiger partial charge in [0.25, 0.3) is 5.91 Å². The summed E-state index contributed by atoms with van der Waals surface area (Å²) in [4.78, 5) is 11.6. The van der Waals surface area contributed by atoms with E-state index in [0.29, 0.717) is 6.54 Å². The van der Waals surface area contributed by atoms with Crippen LogP contribution in [-0.2, 0) is 19.5 Å². The minimum absolute atomic E-state index is 0. The summed E-state index contributed by atoms with van der Waals surface area (Å²) < 4.78 is 2.20. The summed E-state index contributed by atoms with van der Waals surface area (Å²) in [6, 6.07) is 1.93. The third-order valence-corrected chi connectivity index (χ3v) is 3.02. The lowest BCUT2D eigenvalue weighted by Gasteiger charge is -2.18. The van der Waals surface area contributed by atoms with Crippen molar-refractivity contribution in [1.82, 2.24) is 9.88 Å². The standard InChI is InChI=1S/C11H17N3O.ClH/c1-13-11(15)9-6-8(7-12)14-5-3-2-4-10(9)14;/h6H,2-5,7,12H2,1H3,(H,13,15);1H. The second-order valence-electron chi connectivity index (χ2n) is 3.89. The number of halogens is 1. The molecule has 2 rings (SSSR count). The highest BCUT2D eigenvalue weighted by Gasteiger charge is 2.20. The number of carbonyl (C=O) groups excluding carboxylic acids is 1. The van der Waals surface area contributed by atoms with Gasteiger partial charge in [-0.15, -0.1) is 12.4 Å². The smallest absolute Gasteiger partial charge is 0.252 e. The summed E-state index contributed by atoms with van der Waals surface area (Å²) >= 11 is 0. The number of hydrogen-bond donors (Lipinski definition) is 2. The van der Waals surface area contributed by atoms with E-state index >= 15 is 0 Å². The fourth-order valence-electron chi connectivity index (χ4n) is 2.26. The molecule has 0 radical (unpaired) electrons. The van der Waals surface area contributed by atoms with Crippen LogP contribution in [0.15, 0.2) is 6.07 Å². The van der Waals surface area contributed by atoms with Crippen LogP contribution in [0.5, 0.6) is 0 Å². The number of carbonyl (C=O) groups is 1. The molecule has 3 N–H and O–H groups in total. The Morgan fingerprint density at radius 2 is 2.31 bits per heavy atom. The fourth-order valence-corrected chi connectivity index (χ4v) is 2.26. The van der Waals surface area contributed by atoms with Crippen molar-refractivity contribution in [3.05, 3.63) is 23.0 Å². The van der Waals surface area contributed by atoms with Crippen LogP contribution in [0.2, 0.25) is 0 Å². The molecule has 0 saturated carbocycles. The van der Waals surface area contributed by atoms with Crippen LogP contribution < -0.4 is 11.1 Å². The van der Waals surface area contributed by atoms with Crippen LogP contribution in [-0.4, -0.2) is 17.5 Å². The largest absolute Gasteiger partial charge is 0.355 e. The molecule has 1 aliphatic rings. The maximum Gasteiger partial charge on any atom is 0.252 e. The summed E-state index contributed by atoms with van der Waals surface area (Å²) in [5.74, 6) is 0.000324. The molecule has 1 aromatic rings. The molecule has 0 bridgehead atoms. The number of rotatable bonds is 2. The van der Waals surface area contributed by atoms with Crippen LogP contribution in [0, 0.1) is 0 Å². The van der Waals surface area contributed by atoms with E-state index in [-0.39, 0.29) is 18.3 Å². The predicted molar refractivity (Wildman–Crippen MR) is 65.9 cm³/mol. The quantitative estimate of drug-likeness (QED) is 0.816. The van der Waals surface area contributed by atoms with Crippen molar-refractivity contribution in [2.45, 2.75) is 32.4 Å². The monoisotopic (exact) mass is 243 g/mol. The molecular weight excluding hydrogens is 226 g/mol. The van der Waals surface area contributed by atoms with Gasteiger partial charge in [-0.1, -0.05) is 0 Å². The lowest BCUT2D eigenvalue weighted by atomic mass is 10.1. The minimum Gasteiger partial charge on any atom is -0.355 e. The number of nitrogens with two attached hydrogens (primary N) is 1. The van der Waals surface area contributed by atoms with Gasteiger partial charge in [0.15, 0.2) is 0 Å². The molecule has 2 heterocycles. The summed E-state index contributed by atoms with van der Waals surface area (Å²) in [5.41, 5.74) is 8.71. The van der Waals surface area contributed by atoms with E-state index in [1.165, 1.54) is 6.42 Å². The highest BCUT2D eigenvalue weighted by Crippen LogP contribution is 2.23. The highest BCUT2D eigenvalue weighted by atomic mass is 35.5. The van der Waals surface area contributed by atoms with Gasteiger partial charge in [0.2, 0.25) is 0 Å². The zero-order valence-corrected chi connectivity index (χ0v) is 10.3. The van der Waals surface area contributed by atoms with Gasteiger partial charge in [0.05, 0.1) is 5.56 Å². The molecule has 0 saturated heterocycles. The second kappa shape index (κ2) is 5.37. The van der Waals surface area contributed by atoms with Crippen molar-refractivity contribution in [2.24, 2.45) is 5.73 Å². The van der Waals surface area contributed by atoms with Gasteiger partial charge in [-0.05, 0) is 25.3 Å². The molecule has 0 aliphatic carbocycles. The van der Waals surface area contributed by atoms with E-state index in [0.717, 1.165) is 36.3 Å². The molecule has 0 aromatic carbocycles. The Bertz CT molecular complexity index is 387. The number of fused-ring (bicyclic) bond motifs is 1. The third kappa shape index (κ3) is 2.08. The van der Waals surface area contributed by atoms with Crippen molar-refractivity contribution >= 4 is 18.3 Å². The van der Waals surface area contributed by atoms with Crippen molar-refractivity contribution in [2.75, 3.05) is 7.05 Å². The van der Waals surface area contributed by atoms with E-state index in [2.05, 4.69) is 9.88 Å². The van der Waals surface area contributed by atoms with Crippen molar-refractivity contribution in [1.29, 1.82) is 0 Å². The van der Waals surface area contributed by atoms with Crippen molar-refractivity contribution < 1.29 is 4.79 Å². The maximum absolute atomic E-state index is 11.6. The predicted octanol–water partition coefficient (Wildman–Crippen LogP) is 1.06. The molecule has 0 unspecified atom stereocenters. The third-order valence-electron chi connectivity index (χ3n) is 3.02. The molecular formula is C11H18ClN3O. The van der Waals surface area contributed by atoms with Crippen LogP contribution in [0.25, 0.3) is 0 Å². The maximum atomic E-state index is 11.6. The first-order chi connectivity index (χ1) is 7.27.